The van der Waals surface area contributed by atoms with Crippen LogP contribution < -0.4 is 0 Å². The fourth-order valence-electron chi connectivity index (χ4n) is 5.80. The SMILES string of the molecule is CN(C)C(=O)COC(=O)C(C)(C)c1ccc(C(=O)CCCN2CCC(C(c3ccccc3)c3ccccc3)CC2)cc1. The summed E-state index contributed by atoms with van der Waals surface area (Å²) in [6.07, 6.45) is 3.61. The van der Waals surface area contributed by atoms with E-state index in [4.69, 9.17) is 4.74 Å². The Labute approximate surface area is 250 Å². The Morgan fingerprint density at radius 3 is 1.93 bits per heavy atom. The summed E-state index contributed by atoms with van der Waals surface area (Å²) in [5.74, 6) is 0.377. The van der Waals surface area contributed by atoms with Crippen LogP contribution in [-0.2, 0) is 19.7 Å². The number of ketones is 1. The van der Waals surface area contributed by atoms with Crippen molar-refractivity contribution in [1.29, 1.82) is 0 Å². The highest BCUT2D eigenvalue weighted by Gasteiger charge is 2.32. The quantitative estimate of drug-likeness (QED) is 0.195. The number of amides is 1. The number of hydrogen-bond acceptors (Lipinski definition) is 5. The summed E-state index contributed by atoms with van der Waals surface area (Å²) in [6, 6.07) is 28.9. The number of nitrogens with zero attached hydrogens (tertiary/aromatic N) is 2. The third-order valence-corrected chi connectivity index (χ3v) is 8.56. The molecule has 0 bridgehead atoms. The van der Waals surface area contributed by atoms with Gasteiger partial charge in [0.15, 0.2) is 12.4 Å². The molecule has 1 heterocycles. The Morgan fingerprint density at radius 1 is 0.857 bits per heavy atom. The van der Waals surface area contributed by atoms with Gasteiger partial charge in [0.2, 0.25) is 0 Å². The Bertz CT molecular complexity index is 1270. The standard InChI is InChI=1S/C36H44N2O4/c1-36(2,35(41)42-26-33(40)37(3)4)31-19-17-27(18-20-31)32(39)16-11-23-38-24-21-30(22-25-38)34(28-12-7-5-8-13-28)29-14-9-6-10-15-29/h5-10,12-15,17-20,30,34H,11,16,21-26H2,1-4H3. The lowest BCUT2D eigenvalue weighted by atomic mass is 9.76. The molecule has 6 heteroatoms. The van der Waals surface area contributed by atoms with Crippen molar-refractivity contribution in [2.75, 3.05) is 40.3 Å². The van der Waals surface area contributed by atoms with E-state index >= 15 is 0 Å². The van der Waals surface area contributed by atoms with Crippen LogP contribution in [-0.4, -0.2) is 67.8 Å². The second-order valence-electron chi connectivity index (χ2n) is 12.1. The summed E-state index contributed by atoms with van der Waals surface area (Å²) < 4.78 is 5.24. The van der Waals surface area contributed by atoms with Crippen molar-refractivity contribution in [1.82, 2.24) is 9.80 Å². The molecule has 0 N–H and O–H groups in total. The monoisotopic (exact) mass is 568 g/mol. The molecule has 6 nitrogen and oxygen atoms in total. The van der Waals surface area contributed by atoms with Gasteiger partial charge in [0.05, 0.1) is 5.41 Å². The highest BCUT2D eigenvalue weighted by atomic mass is 16.5. The topological polar surface area (TPSA) is 66.9 Å². The Morgan fingerprint density at radius 2 is 1.40 bits per heavy atom. The van der Waals surface area contributed by atoms with Gasteiger partial charge in [0.25, 0.3) is 5.91 Å². The van der Waals surface area contributed by atoms with Gasteiger partial charge >= 0.3 is 5.97 Å². The maximum Gasteiger partial charge on any atom is 0.316 e. The molecular weight excluding hydrogens is 524 g/mol. The van der Waals surface area contributed by atoms with Crippen LogP contribution in [0.15, 0.2) is 84.9 Å². The van der Waals surface area contributed by atoms with Crippen LogP contribution in [0.25, 0.3) is 0 Å². The zero-order chi connectivity index (χ0) is 30.1. The van der Waals surface area contributed by atoms with Crippen molar-refractivity contribution in [3.05, 3.63) is 107 Å². The molecule has 3 aromatic rings. The number of carbonyl (C=O) groups excluding carboxylic acids is 3. The second kappa shape index (κ2) is 14.4. The number of rotatable bonds is 12. The number of benzene rings is 3. The molecule has 0 aliphatic carbocycles. The van der Waals surface area contributed by atoms with Crippen molar-refractivity contribution in [3.8, 4) is 0 Å². The molecule has 0 aromatic heterocycles. The Kier molecular flexibility index (Phi) is 10.7. The van der Waals surface area contributed by atoms with Crippen molar-refractivity contribution >= 4 is 17.7 Å². The minimum absolute atomic E-state index is 0.113. The zero-order valence-electron chi connectivity index (χ0n) is 25.4. The summed E-state index contributed by atoms with van der Waals surface area (Å²) in [6.45, 7) is 6.26. The van der Waals surface area contributed by atoms with E-state index in [0.717, 1.165) is 44.5 Å². The summed E-state index contributed by atoms with van der Waals surface area (Å²) in [5, 5.41) is 0. The van der Waals surface area contributed by atoms with E-state index in [1.165, 1.54) is 16.0 Å². The Hall–Kier alpha value is -3.77. The largest absolute Gasteiger partial charge is 0.455 e. The summed E-state index contributed by atoms with van der Waals surface area (Å²) in [7, 11) is 3.24. The first-order valence-electron chi connectivity index (χ1n) is 15.0. The van der Waals surface area contributed by atoms with Crippen LogP contribution in [0.2, 0.25) is 0 Å². The Balaban J connectivity index is 1.25. The lowest BCUT2D eigenvalue weighted by molar-refractivity contribution is -0.155. The molecule has 0 saturated carbocycles. The van der Waals surface area contributed by atoms with Gasteiger partial charge in [0, 0.05) is 32.0 Å². The normalized spacial score (nSPS) is 14.5. The van der Waals surface area contributed by atoms with E-state index in [9.17, 15) is 14.4 Å². The highest BCUT2D eigenvalue weighted by molar-refractivity contribution is 5.96. The average Bonchev–Trinajstić information content (AvgIpc) is 3.01. The first-order chi connectivity index (χ1) is 20.2. The molecule has 1 amide bonds. The fourth-order valence-corrected chi connectivity index (χ4v) is 5.80. The molecule has 0 unspecified atom stereocenters. The molecule has 0 atom stereocenters. The van der Waals surface area contributed by atoms with Crippen molar-refractivity contribution in [2.45, 2.75) is 50.9 Å². The minimum Gasteiger partial charge on any atom is -0.455 e. The first kappa shape index (κ1) is 31.2. The van der Waals surface area contributed by atoms with Gasteiger partial charge in [0.1, 0.15) is 0 Å². The molecule has 3 aromatic carbocycles. The molecule has 4 rings (SSSR count). The van der Waals surface area contributed by atoms with Crippen LogP contribution in [0.4, 0.5) is 0 Å². The van der Waals surface area contributed by atoms with Gasteiger partial charge in [-0.15, -0.1) is 0 Å². The second-order valence-corrected chi connectivity index (χ2v) is 12.1. The van der Waals surface area contributed by atoms with E-state index < -0.39 is 11.4 Å². The predicted octanol–water partition coefficient (Wildman–Crippen LogP) is 6.10. The minimum atomic E-state index is -0.930. The fraction of sp³-hybridized carbons (Fsp3) is 0.417. The molecule has 1 aliphatic heterocycles. The summed E-state index contributed by atoms with van der Waals surface area (Å²) in [4.78, 5) is 41.2. The molecular formula is C36H44N2O4. The van der Waals surface area contributed by atoms with Gasteiger partial charge in [-0.05, 0) is 75.4 Å². The molecule has 1 aliphatic rings. The van der Waals surface area contributed by atoms with Crippen LogP contribution in [0, 0.1) is 5.92 Å². The number of ether oxygens (including phenoxy) is 1. The maximum atomic E-state index is 12.9. The number of likely N-dealkylation sites (N-methyl/N-ethyl adjacent to an activating group) is 1. The van der Waals surface area contributed by atoms with Gasteiger partial charge in [-0.1, -0.05) is 84.9 Å². The number of piperidine rings is 1. The van der Waals surface area contributed by atoms with E-state index in [1.807, 2.05) is 12.1 Å². The number of esters is 1. The van der Waals surface area contributed by atoms with E-state index in [1.54, 1.807) is 40.1 Å². The number of carbonyl (C=O) groups is 3. The average molecular weight is 569 g/mol. The van der Waals surface area contributed by atoms with Crippen LogP contribution in [0.1, 0.15) is 72.5 Å². The molecule has 1 fully saturated rings. The number of Topliss-reactive ketones (excluding diaryl/α,β-unsaturated/α-hetero) is 1. The third-order valence-electron chi connectivity index (χ3n) is 8.56. The lowest BCUT2D eigenvalue weighted by Gasteiger charge is -2.36. The maximum absolute atomic E-state index is 12.9. The summed E-state index contributed by atoms with van der Waals surface area (Å²) in [5.41, 5.74) is 3.24. The summed E-state index contributed by atoms with van der Waals surface area (Å²) >= 11 is 0. The molecule has 1 saturated heterocycles. The molecule has 0 radical (unpaired) electrons. The smallest absolute Gasteiger partial charge is 0.316 e. The van der Waals surface area contributed by atoms with Crippen LogP contribution in [0.5, 0.6) is 0 Å². The molecule has 0 spiro atoms. The first-order valence-corrected chi connectivity index (χ1v) is 15.0. The van der Waals surface area contributed by atoms with Gasteiger partial charge in [-0.25, -0.2) is 0 Å². The molecule has 42 heavy (non-hydrogen) atoms. The van der Waals surface area contributed by atoms with E-state index in [-0.39, 0.29) is 18.3 Å². The van der Waals surface area contributed by atoms with Crippen LogP contribution >= 0.6 is 0 Å². The number of hydrogen-bond donors (Lipinski definition) is 0. The van der Waals surface area contributed by atoms with Gasteiger partial charge in [-0.3, -0.25) is 14.4 Å². The zero-order valence-corrected chi connectivity index (χ0v) is 25.4. The van der Waals surface area contributed by atoms with Crippen molar-refractivity contribution in [3.63, 3.8) is 0 Å². The lowest BCUT2D eigenvalue weighted by Crippen LogP contribution is -2.36. The predicted molar refractivity (Wildman–Crippen MR) is 167 cm³/mol. The van der Waals surface area contributed by atoms with Crippen molar-refractivity contribution in [2.24, 2.45) is 5.92 Å². The highest BCUT2D eigenvalue weighted by Crippen LogP contribution is 2.38. The number of likely N-dealkylation sites (tertiary alicyclic amines) is 1. The van der Waals surface area contributed by atoms with Gasteiger partial charge < -0.3 is 14.5 Å². The van der Waals surface area contributed by atoms with Gasteiger partial charge in [-0.2, -0.15) is 0 Å². The van der Waals surface area contributed by atoms with E-state index in [2.05, 4.69) is 65.6 Å². The van der Waals surface area contributed by atoms with E-state index in [0.29, 0.717) is 23.8 Å². The third kappa shape index (κ3) is 7.95. The van der Waals surface area contributed by atoms with Crippen molar-refractivity contribution < 1.29 is 19.1 Å². The van der Waals surface area contributed by atoms with Crippen LogP contribution in [0.3, 0.4) is 0 Å². The molecule has 222 valence electrons.